The van der Waals surface area contributed by atoms with Gasteiger partial charge >= 0.3 is 12.3 Å². The van der Waals surface area contributed by atoms with Crippen LogP contribution in [-0.2, 0) is 6.18 Å². The molecule has 1 amide bonds. The molecule has 0 spiro atoms. The van der Waals surface area contributed by atoms with Crippen molar-refractivity contribution in [2.45, 2.75) is 6.18 Å². The molecule has 2 heterocycles. The van der Waals surface area contributed by atoms with Crippen LogP contribution in [0.2, 0.25) is 0 Å². The molecule has 1 saturated heterocycles. The quantitative estimate of drug-likeness (QED) is 0.899. The van der Waals surface area contributed by atoms with Gasteiger partial charge in [-0.1, -0.05) is 12.1 Å². The number of aromatic nitrogens is 1. The van der Waals surface area contributed by atoms with Crippen LogP contribution in [0.4, 0.5) is 23.8 Å². The lowest BCUT2D eigenvalue weighted by atomic mass is 10.1. The van der Waals surface area contributed by atoms with Gasteiger partial charge in [0.1, 0.15) is 5.82 Å². The van der Waals surface area contributed by atoms with Crippen LogP contribution in [0.15, 0.2) is 42.6 Å². The summed E-state index contributed by atoms with van der Waals surface area (Å²) < 4.78 is 37.8. The predicted molar refractivity (Wildman–Crippen MR) is 86.5 cm³/mol. The normalized spacial score (nSPS) is 15.3. The Labute approximate surface area is 142 Å². The number of carbonyl (C=O) groups is 1. The molecule has 0 radical (unpaired) electrons. The average molecular weight is 351 g/mol. The molecule has 5 nitrogen and oxygen atoms in total. The fourth-order valence-corrected chi connectivity index (χ4v) is 2.72. The van der Waals surface area contributed by atoms with Gasteiger partial charge < -0.3 is 14.9 Å². The number of nitrogens with zero attached hydrogens (tertiary/aromatic N) is 3. The molecule has 1 aliphatic rings. The Morgan fingerprint density at radius 2 is 1.56 bits per heavy atom. The van der Waals surface area contributed by atoms with Crippen LogP contribution in [0.5, 0.6) is 0 Å². The van der Waals surface area contributed by atoms with Crippen LogP contribution in [0.3, 0.4) is 0 Å². The molecule has 25 heavy (non-hydrogen) atoms. The number of alkyl halides is 3. The standard InChI is InChI=1S/C17H16F3N3O2/c18-17(19,20)14-4-1-12(2-5-14)13-3-6-15(21-11-13)22-7-9-23(10-8-22)16(24)25/h1-6,11H,7-10H2,(H,24,25). The van der Waals surface area contributed by atoms with Gasteiger partial charge in [-0.25, -0.2) is 9.78 Å². The van der Waals surface area contributed by atoms with E-state index in [1.54, 1.807) is 18.3 Å². The van der Waals surface area contributed by atoms with Crippen LogP contribution in [0, 0.1) is 0 Å². The lowest BCUT2D eigenvalue weighted by molar-refractivity contribution is -0.137. The monoisotopic (exact) mass is 351 g/mol. The Balaban J connectivity index is 1.69. The fraction of sp³-hybridized carbons (Fsp3) is 0.294. The number of piperazine rings is 1. The van der Waals surface area contributed by atoms with Gasteiger partial charge in [0, 0.05) is 37.9 Å². The number of halogens is 3. The molecule has 1 N–H and O–H groups in total. The number of rotatable bonds is 2. The van der Waals surface area contributed by atoms with E-state index in [1.165, 1.54) is 17.0 Å². The largest absolute Gasteiger partial charge is 0.465 e. The molecule has 0 saturated carbocycles. The van der Waals surface area contributed by atoms with E-state index >= 15 is 0 Å². The summed E-state index contributed by atoms with van der Waals surface area (Å²) in [6, 6.07) is 8.54. The van der Waals surface area contributed by atoms with E-state index in [2.05, 4.69) is 4.98 Å². The summed E-state index contributed by atoms with van der Waals surface area (Å²) in [6.45, 7) is 1.94. The zero-order valence-corrected chi connectivity index (χ0v) is 13.2. The molecular formula is C17H16F3N3O2. The van der Waals surface area contributed by atoms with Crippen molar-refractivity contribution in [1.82, 2.24) is 9.88 Å². The van der Waals surface area contributed by atoms with E-state index in [-0.39, 0.29) is 0 Å². The van der Waals surface area contributed by atoms with Gasteiger partial charge in [-0.2, -0.15) is 13.2 Å². The highest BCUT2D eigenvalue weighted by Gasteiger charge is 2.30. The number of hydrogen-bond acceptors (Lipinski definition) is 3. The maximum absolute atomic E-state index is 12.6. The van der Waals surface area contributed by atoms with Crippen molar-refractivity contribution in [2.75, 3.05) is 31.1 Å². The fourth-order valence-electron chi connectivity index (χ4n) is 2.72. The molecule has 132 valence electrons. The van der Waals surface area contributed by atoms with Crippen molar-refractivity contribution in [2.24, 2.45) is 0 Å². The third kappa shape index (κ3) is 3.84. The van der Waals surface area contributed by atoms with Crippen LogP contribution < -0.4 is 4.90 Å². The average Bonchev–Trinajstić information content (AvgIpc) is 2.61. The van der Waals surface area contributed by atoms with E-state index in [9.17, 15) is 18.0 Å². The number of benzene rings is 1. The molecule has 2 aromatic rings. The van der Waals surface area contributed by atoms with Gasteiger partial charge in [-0.15, -0.1) is 0 Å². The van der Waals surface area contributed by atoms with Crippen LogP contribution >= 0.6 is 0 Å². The first kappa shape index (κ1) is 17.1. The number of pyridine rings is 1. The van der Waals surface area contributed by atoms with Gasteiger partial charge in [-0.3, -0.25) is 0 Å². The SMILES string of the molecule is O=C(O)N1CCN(c2ccc(-c3ccc(C(F)(F)F)cc3)cn2)CC1. The van der Waals surface area contributed by atoms with Crippen molar-refractivity contribution in [3.8, 4) is 11.1 Å². The Morgan fingerprint density at radius 3 is 2.04 bits per heavy atom. The molecule has 0 aliphatic carbocycles. The summed E-state index contributed by atoms with van der Waals surface area (Å²) in [6.07, 6.45) is -3.66. The molecule has 1 aromatic heterocycles. The molecule has 1 aliphatic heterocycles. The van der Waals surface area contributed by atoms with Gasteiger partial charge in [-0.05, 0) is 29.8 Å². The van der Waals surface area contributed by atoms with Crippen molar-refractivity contribution in [3.05, 3.63) is 48.2 Å². The first-order chi connectivity index (χ1) is 11.8. The van der Waals surface area contributed by atoms with E-state index < -0.39 is 17.8 Å². The maximum Gasteiger partial charge on any atom is 0.416 e. The summed E-state index contributed by atoms with van der Waals surface area (Å²) >= 11 is 0. The highest BCUT2D eigenvalue weighted by atomic mass is 19.4. The Kier molecular flexibility index (Phi) is 4.52. The molecule has 8 heteroatoms. The van der Waals surface area contributed by atoms with Crippen LogP contribution in [0.1, 0.15) is 5.56 Å². The predicted octanol–water partition coefficient (Wildman–Crippen LogP) is 3.57. The van der Waals surface area contributed by atoms with E-state index in [1.807, 2.05) is 4.90 Å². The van der Waals surface area contributed by atoms with Crippen molar-refractivity contribution in [1.29, 1.82) is 0 Å². The second-order valence-corrected chi connectivity index (χ2v) is 5.74. The van der Waals surface area contributed by atoms with Crippen molar-refractivity contribution >= 4 is 11.9 Å². The maximum atomic E-state index is 12.6. The van der Waals surface area contributed by atoms with Crippen LogP contribution in [0.25, 0.3) is 11.1 Å². The lowest BCUT2D eigenvalue weighted by Gasteiger charge is -2.33. The Bertz CT molecular complexity index is 737. The third-order valence-corrected chi connectivity index (χ3v) is 4.17. The minimum absolute atomic E-state index is 0.414. The highest BCUT2D eigenvalue weighted by Crippen LogP contribution is 2.31. The summed E-state index contributed by atoms with van der Waals surface area (Å²) in [4.78, 5) is 18.6. The first-order valence-electron chi connectivity index (χ1n) is 7.71. The van der Waals surface area contributed by atoms with Gasteiger partial charge in [0.2, 0.25) is 0 Å². The molecule has 0 atom stereocenters. The van der Waals surface area contributed by atoms with Crippen molar-refractivity contribution in [3.63, 3.8) is 0 Å². The van der Waals surface area contributed by atoms with E-state index in [0.29, 0.717) is 31.7 Å². The number of anilines is 1. The van der Waals surface area contributed by atoms with Gasteiger partial charge in [0.25, 0.3) is 0 Å². The molecule has 1 fully saturated rings. The number of amides is 1. The highest BCUT2D eigenvalue weighted by molar-refractivity contribution is 5.66. The zero-order chi connectivity index (χ0) is 18.0. The van der Waals surface area contributed by atoms with Crippen molar-refractivity contribution < 1.29 is 23.1 Å². The smallest absolute Gasteiger partial charge is 0.416 e. The summed E-state index contributed by atoms with van der Waals surface area (Å²) in [5.41, 5.74) is 0.696. The molecular weight excluding hydrogens is 335 g/mol. The molecule has 0 unspecified atom stereocenters. The minimum atomic E-state index is -4.35. The zero-order valence-electron chi connectivity index (χ0n) is 13.2. The van der Waals surface area contributed by atoms with Gasteiger partial charge in [0.15, 0.2) is 0 Å². The lowest BCUT2D eigenvalue weighted by Crippen LogP contribution is -2.48. The second-order valence-electron chi connectivity index (χ2n) is 5.74. The number of carboxylic acid groups (broad SMARTS) is 1. The first-order valence-corrected chi connectivity index (χ1v) is 7.71. The molecule has 1 aromatic carbocycles. The van der Waals surface area contributed by atoms with E-state index in [4.69, 9.17) is 5.11 Å². The minimum Gasteiger partial charge on any atom is -0.465 e. The van der Waals surface area contributed by atoms with Crippen LogP contribution in [-0.4, -0.2) is 47.3 Å². The Morgan fingerprint density at radius 1 is 0.960 bits per heavy atom. The third-order valence-electron chi connectivity index (χ3n) is 4.17. The topological polar surface area (TPSA) is 56.7 Å². The molecule has 3 rings (SSSR count). The Hall–Kier alpha value is -2.77. The summed E-state index contributed by atoms with van der Waals surface area (Å²) in [5.74, 6) is 0.723. The summed E-state index contributed by atoms with van der Waals surface area (Å²) in [7, 11) is 0. The number of hydrogen-bond donors (Lipinski definition) is 1. The summed E-state index contributed by atoms with van der Waals surface area (Å²) in [5, 5.41) is 8.95. The molecule has 0 bridgehead atoms. The van der Waals surface area contributed by atoms with E-state index in [0.717, 1.165) is 23.5 Å². The van der Waals surface area contributed by atoms with Gasteiger partial charge in [0.05, 0.1) is 5.56 Å². The second kappa shape index (κ2) is 6.62.